The molecular formula is C25H35N9O. The van der Waals surface area contributed by atoms with E-state index in [9.17, 15) is 4.79 Å². The zero-order valence-electron chi connectivity index (χ0n) is 20.9. The Balaban J connectivity index is 1.36. The smallest absolute Gasteiger partial charge is 0.268 e. The summed E-state index contributed by atoms with van der Waals surface area (Å²) in [5.74, 6) is 1.70. The summed E-state index contributed by atoms with van der Waals surface area (Å²) in [7, 11) is 4.27. The highest BCUT2D eigenvalue weighted by Gasteiger charge is 2.42. The molecule has 1 aliphatic carbocycles. The van der Waals surface area contributed by atoms with Crippen molar-refractivity contribution < 1.29 is 4.79 Å². The largest absolute Gasteiger partial charge is 0.355 e. The van der Waals surface area contributed by atoms with Gasteiger partial charge in [0, 0.05) is 37.3 Å². The third kappa shape index (κ3) is 4.42. The number of rotatable bonds is 4. The normalized spacial score (nSPS) is 21.0. The van der Waals surface area contributed by atoms with Crippen molar-refractivity contribution in [2.24, 2.45) is 10.1 Å². The van der Waals surface area contributed by atoms with E-state index >= 15 is 0 Å². The van der Waals surface area contributed by atoms with Crippen LogP contribution in [0.3, 0.4) is 0 Å². The first-order chi connectivity index (χ1) is 16.9. The minimum atomic E-state index is -0.100. The van der Waals surface area contributed by atoms with Crippen LogP contribution in [0, 0.1) is 0 Å². The van der Waals surface area contributed by atoms with Gasteiger partial charge in [0.25, 0.3) is 11.9 Å². The summed E-state index contributed by atoms with van der Waals surface area (Å²) in [5.41, 5.74) is 4.38. The summed E-state index contributed by atoms with van der Waals surface area (Å²) >= 11 is 0. The van der Waals surface area contributed by atoms with Crippen molar-refractivity contribution in [2.45, 2.75) is 57.0 Å². The van der Waals surface area contributed by atoms with E-state index in [-0.39, 0.29) is 11.4 Å². The molecular weight excluding hydrogens is 442 g/mol. The second-order valence-electron chi connectivity index (χ2n) is 10.1. The van der Waals surface area contributed by atoms with Crippen molar-refractivity contribution in [3.05, 3.63) is 30.6 Å². The van der Waals surface area contributed by atoms with Crippen molar-refractivity contribution >= 4 is 34.6 Å². The van der Waals surface area contributed by atoms with Crippen molar-refractivity contribution in [1.29, 1.82) is 0 Å². The molecule has 0 aromatic carbocycles. The molecule has 1 saturated carbocycles. The molecule has 10 heteroatoms. The predicted octanol–water partition coefficient (Wildman–Crippen LogP) is 2.61. The average molecular weight is 478 g/mol. The number of amidine groups is 2. The maximum absolute atomic E-state index is 12.6. The summed E-state index contributed by atoms with van der Waals surface area (Å²) < 4.78 is 2.14. The van der Waals surface area contributed by atoms with E-state index in [1.165, 1.54) is 0 Å². The lowest BCUT2D eigenvalue weighted by Gasteiger charge is -2.37. The van der Waals surface area contributed by atoms with Gasteiger partial charge in [-0.25, -0.2) is 4.98 Å². The summed E-state index contributed by atoms with van der Waals surface area (Å²) in [5, 5.41) is 8.47. The molecule has 0 atom stereocenters. The van der Waals surface area contributed by atoms with Crippen LogP contribution in [0.5, 0.6) is 0 Å². The number of amides is 1. The van der Waals surface area contributed by atoms with Gasteiger partial charge in [-0.3, -0.25) is 10.2 Å². The molecule has 2 aromatic rings. The molecule has 4 heterocycles. The van der Waals surface area contributed by atoms with Gasteiger partial charge in [0.05, 0.1) is 5.54 Å². The number of carbonyl (C=O) groups excluding carboxylic acids is 1. The minimum Gasteiger partial charge on any atom is -0.355 e. The molecule has 1 amide bonds. The van der Waals surface area contributed by atoms with Gasteiger partial charge in [-0.1, -0.05) is 19.4 Å². The first-order valence-corrected chi connectivity index (χ1v) is 12.5. The lowest BCUT2D eigenvalue weighted by molar-refractivity contribution is 0.0876. The molecule has 0 bridgehead atoms. The van der Waals surface area contributed by atoms with Gasteiger partial charge in [0.1, 0.15) is 23.0 Å². The molecule has 0 unspecified atom stereocenters. The van der Waals surface area contributed by atoms with E-state index in [0.717, 1.165) is 68.5 Å². The highest BCUT2D eigenvalue weighted by atomic mass is 16.2. The first-order valence-electron chi connectivity index (χ1n) is 12.5. The number of piperidine rings is 1. The maximum Gasteiger partial charge on any atom is 0.268 e. The number of nitrogens with one attached hydrogen (secondary N) is 2. The fraction of sp³-hybridized carbons (Fsp3) is 0.560. The monoisotopic (exact) mass is 477 g/mol. The Morgan fingerprint density at radius 3 is 2.74 bits per heavy atom. The molecule has 3 aliphatic rings. The van der Waals surface area contributed by atoms with Crippen molar-refractivity contribution in [1.82, 2.24) is 35.1 Å². The van der Waals surface area contributed by atoms with E-state index < -0.39 is 0 Å². The molecule has 5 rings (SSSR count). The fourth-order valence-electron chi connectivity index (χ4n) is 5.70. The van der Waals surface area contributed by atoms with Crippen LogP contribution < -0.4 is 10.7 Å². The van der Waals surface area contributed by atoms with Crippen LogP contribution >= 0.6 is 0 Å². The fourth-order valence-corrected chi connectivity index (χ4v) is 5.70. The van der Waals surface area contributed by atoms with E-state index in [2.05, 4.69) is 60.9 Å². The summed E-state index contributed by atoms with van der Waals surface area (Å²) in [6.07, 6.45) is 10.1. The van der Waals surface area contributed by atoms with Crippen LogP contribution in [0.2, 0.25) is 0 Å². The molecule has 0 radical (unpaired) electrons. The van der Waals surface area contributed by atoms with E-state index in [1.54, 1.807) is 12.3 Å². The Morgan fingerprint density at radius 1 is 1.31 bits per heavy atom. The highest BCUT2D eigenvalue weighted by Crippen LogP contribution is 2.41. The summed E-state index contributed by atoms with van der Waals surface area (Å²) in [4.78, 5) is 30.9. The Hall–Kier alpha value is -3.27. The SMILES string of the molecule is C=C/C(=N\NC(C)=Nc1ncc2cc3n(c2n1)C1(CCCC1)CNC3=O)N1CCC(N(C)C)CC1. The number of fused-ring (bicyclic) bond motifs is 4. The van der Waals surface area contributed by atoms with E-state index in [1.807, 2.05) is 13.0 Å². The third-order valence-corrected chi connectivity index (χ3v) is 7.65. The van der Waals surface area contributed by atoms with E-state index in [0.29, 0.717) is 30.1 Å². The predicted molar refractivity (Wildman–Crippen MR) is 138 cm³/mol. The van der Waals surface area contributed by atoms with Gasteiger partial charge in [-0.15, -0.1) is 0 Å². The molecule has 10 nitrogen and oxygen atoms in total. The van der Waals surface area contributed by atoms with Crippen LogP contribution in [0.4, 0.5) is 5.95 Å². The van der Waals surface area contributed by atoms with Crippen molar-refractivity contribution in [2.75, 3.05) is 33.7 Å². The third-order valence-electron chi connectivity index (χ3n) is 7.65. The zero-order valence-corrected chi connectivity index (χ0v) is 20.9. The van der Waals surface area contributed by atoms with Crippen LogP contribution in [-0.4, -0.2) is 81.7 Å². The molecule has 2 aromatic heterocycles. The Kier molecular flexibility index (Phi) is 6.31. The van der Waals surface area contributed by atoms with Gasteiger partial charge in [-0.2, -0.15) is 15.1 Å². The molecule has 2 fully saturated rings. The lowest BCUT2D eigenvalue weighted by Crippen LogP contribution is -2.50. The standard InChI is InChI=1S/C25H35N9O/c1-5-21(33-12-8-19(9-13-33)32(3)4)31-30-17(2)28-24-26-15-18-14-20-23(35)27-16-25(10-6-7-11-25)34(20)22(18)29-24/h5,14-15,19H,1,6-13,16H2,2-4H3,(H,27,35)(H,26,28,29,30)/b31-21+. The molecule has 1 saturated heterocycles. The summed E-state index contributed by atoms with van der Waals surface area (Å²) in [6.45, 7) is 8.32. The number of nitrogens with zero attached hydrogens (tertiary/aromatic N) is 7. The number of hydrazone groups is 1. The second-order valence-corrected chi connectivity index (χ2v) is 10.1. The van der Waals surface area contributed by atoms with Gasteiger partial charge in [-0.05, 0) is 58.8 Å². The van der Waals surface area contributed by atoms with Gasteiger partial charge < -0.3 is 19.7 Å². The van der Waals surface area contributed by atoms with Crippen LogP contribution in [-0.2, 0) is 5.54 Å². The quantitative estimate of drug-likeness (QED) is 0.399. The molecule has 186 valence electrons. The van der Waals surface area contributed by atoms with Gasteiger partial charge in [0.15, 0.2) is 0 Å². The van der Waals surface area contributed by atoms with Crippen LogP contribution in [0.1, 0.15) is 55.9 Å². The number of carbonyl (C=O) groups is 1. The number of aromatic nitrogens is 3. The van der Waals surface area contributed by atoms with Gasteiger partial charge >= 0.3 is 0 Å². The lowest BCUT2D eigenvalue weighted by atomic mass is 9.94. The number of likely N-dealkylation sites (tertiary alicyclic amines) is 1. The number of aliphatic imine (C=N–C) groups is 1. The minimum absolute atomic E-state index is 0.0515. The molecule has 35 heavy (non-hydrogen) atoms. The zero-order chi connectivity index (χ0) is 24.6. The van der Waals surface area contributed by atoms with Crippen LogP contribution in [0.15, 0.2) is 35.0 Å². The van der Waals surface area contributed by atoms with Crippen molar-refractivity contribution in [3.63, 3.8) is 0 Å². The maximum atomic E-state index is 12.6. The van der Waals surface area contributed by atoms with Crippen LogP contribution in [0.25, 0.3) is 11.0 Å². The summed E-state index contributed by atoms with van der Waals surface area (Å²) in [6, 6.07) is 2.50. The number of hydrogen-bond acceptors (Lipinski definition) is 6. The average Bonchev–Trinajstić information content (AvgIpc) is 3.48. The Labute approximate surface area is 206 Å². The highest BCUT2D eigenvalue weighted by molar-refractivity contribution is 5.99. The number of hydrogen-bond donors (Lipinski definition) is 2. The van der Waals surface area contributed by atoms with E-state index in [4.69, 9.17) is 4.98 Å². The van der Waals surface area contributed by atoms with Crippen molar-refractivity contribution in [3.8, 4) is 0 Å². The van der Waals surface area contributed by atoms with Gasteiger partial charge in [0.2, 0.25) is 0 Å². The first kappa shape index (κ1) is 23.5. The Bertz CT molecular complexity index is 1180. The molecule has 2 aliphatic heterocycles. The Morgan fingerprint density at radius 2 is 2.06 bits per heavy atom. The topological polar surface area (TPSA) is 103 Å². The second kappa shape index (κ2) is 9.41. The molecule has 1 spiro atoms. The molecule has 2 N–H and O–H groups in total.